The second-order valence-electron chi connectivity index (χ2n) is 5.18. The zero-order valence-corrected chi connectivity index (χ0v) is 12.8. The van der Waals surface area contributed by atoms with Crippen molar-refractivity contribution in [1.29, 1.82) is 0 Å². The highest BCUT2D eigenvalue weighted by atomic mass is 16.5. The number of ether oxygens (including phenoxy) is 1. The minimum Gasteiger partial charge on any atom is -0.497 e. The van der Waals surface area contributed by atoms with Crippen LogP contribution in [-0.2, 0) is 18.3 Å². The summed E-state index contributed by atoms with van der Waals surface area (Å²) in [5.74, 6) is 0.178. The van der Waals surface area contributed by atoms with Gasteiger partial charge in [-0.2, -0.15) is 0 Å². The van der Waals surface area contributed by atoms with Crippen LogP contribution in [0.4, 0.5) is 5.69 Å². The van der Waals surface area contributed by atoms with Crippen LogP contribution in [-0.4, -0.2) is 17.6 Å². The van der Waals surface area contributed by atoms with Gasteiger partial charge in [0.25, 0.3) is 0 Å². The number of aromatic nitrogens is 1. The van der Waals surface area contributed by atoms with Gasteiger partial charge in [0.05, 0.1) is 19.0 Å². The summed E-state index contributed by atoms with van der Waals surface area (Å²) >= 11 is 0. The first-order valence-electron chi connectivity index (χ1n) is 7.09. The van der Waals surface area contributed by atoms with Gasteiger partial charge in [0, 0.05) is 12.7 Å². The van der Waals surface area contributed by atoms with Crippen molar-refractivity contribution in [2.75, 3.05) is 12.4 Å². The Balaban J connectivity index is 1.74. The van der Waals surface area contributed by atoms with E-state index in [1.807, 2.05) is 0 Å². The molecule has 3 rings (SSSR count). The van der Waals surface area contributed by atoms with E-state index in [-0.39, 0.29) is 12.3 Å². The van der Waals surface area contributed by atoms with Crippen LogP contribution in [0.2, 0.25) is 0 Å². The third-order valence-electron chi connectivity index (χ3n) is 3.59. The molecule has 0 saturated heterocycles. The normalized spacial score (nSPS) is 10.7. The van der Waals surface area contributed by atoms with E-state index in [4.69, 9.17) is 9.15 Å². The summed E-state index contributed by atoms with van der Waals surface area (Å²) in [6.07, 6.45) is 0.210. The Hall–Kier alpha value is -3.02. The van der Waals surface area contributed by atoms with Crippen molar-refractivity contribution in [1.82, 2.24) is 4.57 Å². The molecule has 118 valence electrons. The van der Waals surface area contributed by atoms with Gasteiger partial charge in [-0.1, -0.05) is 6.07 Å². The molecule has 1 amide bonds. The van der Waals surface area contributed by atoms with Gasteiger partial charge >= 0.3 is 5.76 Å². The summed E-state index contributed by atoms with van der Waals surface area (Å²) in [4.78, 5) is 23.6. The standard InChI is InChI=1S/C17H16N2O4/c1-19-14-9-11(3-8-15(14)23-17(19)21)10-16(20)18-12-4-6-13(22-2)7-5-12/h3-9H,10H2,1-2H3,(H,18,20). The molecule has 0 radical (unpaired) electrons. The van der Waals surface area contributed by atoms with Crippen molar-refractivity contribution >= 4 is 22.7 Å². The number of carbonyl (C=O) groups excluding carboxylic acids is 1. The Morgan fingerprint density at radius 1 is 1.22 bits per heavy atom. The summed E-state index contributed by atoms with van der Waals surface area (Å²) in [6.45, 7) is 0. The van der Waals surface area contributed by atoms with Gasteiger partial charge in [0.2, 0.25) is 5.91 Å². The quantitative estimate of drug-likeness (QED) is 0.802. The Kier molecular flexibility index (Phi) is 3.89. The van der Waals surface area contributed by atoms with Crippen LogP contribution >= 0.6 is 0 Å². The highest BCUT2D eigenvalue weighted by Crippen LogP contribution is 2.17. The van der Waals surface area contributed by atoms with Crippen LogP contribution < -0.4 is 15.8 Å². The molecule has 0 saturated carbocycles. The monoisotopic (exact) mass is 312 g/mol. The number of amides is 1. The summed E-state index contributed by atoms with van der Waals surface area (Å²) in [5.41, 5.74) is 2.69. The zero-order valence-electron chi connectivity index (χ0n) is 12.8. The number of benzene rings is 2. The van der Waals surface area contributed by atoms with Crippen LogP contribution in [0, 0.1) is 0 Å². The van der Waals surface area contributed by atoms with E-state index in [0.29, 0.717) is 16.8 Å². The molecule has 0 aliphatic rings. The van der Waals surface area contributed by atoms with Crippen molar-refractivity contribution in [3.05, 3.63) is 58.6 Å². The molecule has 3 aromatic rings. The van der Waals surface area contributed by atoms with Crippen molar-refractivity contribution < 1.29 is 13.9 Å². The van der Waals surface area contributed by atoms with Crippen molar-refractivity contribution in [2.45, 2.75) is 6.42 Å². The van der Waals surface area contributed by atoms with Crippen molar-refractivity contribution in [3.8, 4) is 5.75 Å². The van der Waals surface area contributed by atoms with Crippen LogP contribution in [0.1, 0.15) is 5.56 Å². The van der Waals surface area contributed by atoms with Gasteiger partial charge in [-0.25, -0.2) is 4.79 Å². The Bertz CT molecular complexity index is 906. The predicted molar refractivity (Wildman–Crippen MR) is 86.8 cm³/mol. The molecule has 1 N–H and O–H groups in total. The zero-order chi connectivity index (χ0) is 16.4. The second kappa shape index (κ2) is 6.00. The van der Waals surface area contributed by atoms with E-state index in [9.17, 15) is 9.59 Å². The predicted octanol–water partition coefficient (Wildman–Crippen LogP) is 2.32. The molecular weight excluding hydrogens is 296 g/mol. The van der Waals surface area contributed by atoms with E-state index in [0.717, 1.165) is 11.3 Å². The summed E-state index contributed by atoms with van der Waals surface area (Å²) < 4.78 is 11.6. The van der Waals surface area contributed by atoms with Gasteiger partial charge < -0.3 is 14.5 Å². The number of fused-ring (bicyclic) bond motifs is 1. The second-order valence-corrected chi connectivity index (χ2v) is 5.18. The topological polar surface area (TPSA) is 73.5 Å². The number of hydrogen-bond acceptors (Lipinski definition) is 4. The summed E-state index contributed by atoms with van der Waals surface area (Å²) in [7, 11) is 3.22. The fourth-order valence-electron chi connectivity index (χ4n) is 2.35. The lowest BCUT2D eigenvalue weighted by atomic mass is 10.1. The number of nitrogens with one attached hydrogen (secondary N) is 1. The molecule has 6 heteroatoms. The first kappa shape index (κ1) is 14.9. The van der Waals surface area contributed by atoms with E-state index in [1.165, 1.54) is 4.57 Å². The maximum absolute atomic E-state index is 12.1. The molecule has 0 aliphatic heterocycles. The number of oxazole rings is 1. The van der Waals surface area contributed by atoms with E-state index < -0.39 is 5.76 Å². The minimum atomic E-state index is -0.417. The summed E-state index contributed by atoms with van der Waals surface area (Å²) in [5, 5.41) is 2.82. The highest BCUT2D eigenvalue weighted by Gasteiger charge is 2.09. The third kappa shape index (κ3) is 3.11. The molecule has 23 heavy (non-hydrogen) atoms. The summed E-state index contributed by atoms with van der Waals surface area (Å²) in [6, 6.07) is 12.4. The number of methoxy groups -OCH3 is 1. The van der Waals surface area contributed by atoms with Gasteiger partial charge in [-0.3, -0.25) is 9.36 Å². The highest BCUT2D eigenvalue weighted by molar-refractivity contribution is 5.92. The smallest absolute Gasteiger partial charge is 0.419 e. The average Bonchev–Trinajstić information content (AvgIpc) is 2.83. The lowest BCUT2D eigenvalue weighted by molar-refractivity contribution is -0.115. The molecule has 0 spiro atoms. The van der Waals surface area contributed by atoms with Crippen LogP contribution in [0.5, 0.6) is 5.75 Å². The number of carbonyl (C=O) groups is 1. The van der Waals surface area contributed by atoms with Crippen LogP contribution in [0.25, 0.3) is 11.1 Å². The van der Waals surface area contributed by atoms with Gasteiger partial charge in [0.1, 0.15) is 5.75 Å². The number of hydrogen-bond donors (Lipinski definition) is 1. The molecule has 2 aromatic carbocycles. The molecule has 0 atom stereocenters. The maximum Gasteiger partial charge on any atom is 0.419 e. The Morgan fingerprint density at radius 3 is 2.65 bits per heavy atom. The molecule has 0 aliphatic carbocycles. The van der Waals surface area contributed by atoms with E-state index in [1.54, 1.807) is 56.6 Å². The molecule has 0 fully saturated rings. The van der Waals surface area contributed by atoms with Gasteiger partial charge in [-0.15, -0.1) is 0 Å². The van der Waals surface area contributed by atoms with Crippen LogP contribution in [0.15, 0.2) is 51.7 Å². The molecule has 0 bridgehead atoms. The SMILES string of the molecule is COc1ccc(NC(=O)Cc2ccc3oc(=O)n(C)c3c2)cc1. The average molecular weight is 312 g/mol. The maximum atomic E-state index is 12.1. The lowest BCUT2D eigenvalue weighted by Crippen LogP contribution is -2.14. The van der Waals surface area contributed by atoms with Crippen molar-refractivity contribution in [2.24, 2.45) is 7.05 Å². The number of anilines is 1. The lowest BCUT2D eigenvalue weighted by Gasteiger charge is -2.06. The van der Waals surface area contributed by atoms with Gasteiger partial charge in [0.15, 0.2) is 5.58 Å². The van der Waals surface area contributed by atoms with Crippen LogP contribution in [0.3, 0.4) is 0 Å². The number of aryl methyl sites for hydroxylation is 1. The first-order chi connectivity index (χ1) is 11.1. The molecule has 6 nitrogen and oxygen atoms in total. The van der Waals surface area contributed by atoms with Crippen molar-refractivity contribution in [3.63, 3.8) is 0 Å². The van der Waals surface area contributed by atoms with E-state index >= 15 is 0 Å². The Labute approximate surface area is 132 Å². The number of nitrogens with zero attached hydrogens (tertiary/aromatic N) is 1. The first-order valence-corrected chi connectivity index (χ1v) is 7.09. The molecule has 1 aromatic heterocycles. The third-order valence-corrected chi connectivity index (χ3v) is 3.59. The fourth-order valence-corrected chi connectivity index (χ4v) is 2.35. The van der Waals surface area contributed by atoms with E-state index in [2.05, 4.69) is 5.32 Å². The molecular formula is C17H16N2O4. The Morgan fingerprint density at radius 2 is 1.96 bits per heavy atom. The minimum absolute atomic E-state index is 0.136. The van der Waals surface area contributed by atoms with Gasteiger partial charge in [-0.05, 0) is 42.0 Å². The largest absolute Gasteiger partial charge is 0.497 e. The molecule has 1 heterocycles. The fraction of sp³-hybridized carbons (Fsp3) is 0.176. The number of rotatable bonds is 4. The molecule has 0 unspecified atom stereocenters.